The predicted molar refractivity (Wildman–Crippen MR) is 127 cm³/mol. The molecule has 0 unspecified atom stereocenters. The second-order valence-corrected chi connectivity index (χ2v) is 9.28. The highest BCUT2D eigenvalue weighted by atomic mass is 32.2. The van der Waals surface area contributed by atoms with Crippen molar-refractivity contribution >= 4 is 40.0 Å². The zero-order chi connectivity index (χ0) is 22.4. The van der Waals surface area contributed by atoms with Crippen LogP contribution in [0.5, 0.6) is 5.75 Å². The first-order chi connectivity index (χ1) is 14.9. The number of carbonyl (C=O) groups is 2. The molecule has 2 amide bonds. The van der Waals surface area contributed by atoms with Gasteiger partial charge in [-0.3, -0.25) is 9.59 Å². The van der Waals surface area contributed by atoms with E-state index in [1.807, 2.05) is 67.8 Å². The number of thioether (sulfide) groups is 1. The normalized spacial score (nSPS) is 12.6. The van der Waals surface area contributed by atoms with Crippen LogP contribution in [0.15, 0.2) is 58.8 Å². The van der Waals surface area contributed by atoms with Crippen LogP contribution in [0.4, 0.5) is 5.13 Å². The minimum atomic E-state index is -0.268. The van der Waals surface area contributed by atoms with Gasteiger partial charge in [-0.2, -0.15) is 0 Å². The molecule has 0 saturated heterocycles. The van der Waals surface area contributed by atoms with Gasteiger partial charge in [-0.05, 0) is 43.7 Å². The van der Waals surface area contributed by atoms with Crippen molar-refractivity contribution in [2.75, 3.05) is 12.4 Å². The summed E-state index contributed by atoms with van der Waals surface area (Å²) in [6.45, 7) is 5.32. The van der Waals surface area contributed by atoms with Crippen molar-refractivity contribution in [3.63, 3.8) is 0 Å². The van der Waals surface area contributed by atoms with Crippen molar-refractivity contribution in [3.8, 4) is 17.0 Å². The zero-order valence-electron chi connectivity index (χ0n) is 17.8. The van der Waals surface area contributed by atoms with Crippen molar-refractivity contribution in [1.29, 1.82) is 0 Å². The van der Waals surface area contributed by atoms with Gasteiger partial charge < -0.3 is 15.4 Å². The highest BCUT2D eigenvalue weighted by Gasteiger charge is 2.17. The van der Waals surface area contributed by atoms with Crippen LogP contribution in [-0.4, -0.2) is 29.2 Å². The van der Waals surface area contributed by atoms with E-state index in [9.17, 15) is 9.59 Å². The van der Waals surface area contributed by atoms with Crippen molar-refractivity contribution in [2.24, 2.45) is 0 Å². The monoisotopic (exact) mass is 455 g/mol. The minimum absolute atomic E-state index is 0.0541. The number of hydrogen-bond donors (Lipinski definition) is 2. The summed E-state index contributed by atoms with van der Waals surface area (Å²) in [4.78, 5) is 29.3. The van der Waals surface area contributed by atoms with Crippen LogP contribution in [0.25, 0.3) is 11.3 Å². The van der Waals surface area contributed by atoms with Gasteiger partial charge in [-0.1, -0.05) is 24.3 Å². The van der Waals surface area contributed by atoms with Crippen molar-refractivity contribution in [3.05, 3.63) is 59.5 Å². The summed E-state index contributed by atoms with van der Waals surface area (Å²) < 4.78 is 5.16. The molecule has 3 rings (SSSR count). The molecule has 0 radical (unpaired) electrons. The molecule has 2 aromatic carbocycles. The summed E-state index contributed by atoms with van der Waals surface area (Å²) >= 11 is 2.88. The molecule has 0 saturated carbocycles. The molecule has 3 aromatic rings. The second-order valence-electron chi connectivity index (χ2n) is 7.01. The van der Waals surface area contributed by atoms with Gasteiger partial charge in [-0.25, -0.2) is 4.98 Å². The van der Waals surface area contributed by atoms with E-state index in [4.69, 9.17) is 4.74 Å². The molecule has 31 heavy (non-hydrogen) atoms. The fourth-order valence-electron chi connectivity index (χ4n) is 2.91. The summed E-state index contributed by atoms with van der Waals surface area (Å²) in [5.41, 5.74) is 2.78. The molecule has 1 aromatic heterocycles. The first-order valence-corrected chi connectivity index (χ1v) is 11.6. The molecule has 6 nitrogen and oxygen atoms in total. The molecule has 8 heteroatoms. The number of aromatic nitrogens is 1. The van der Waals surface area contributed by atoms with Crippen LogP contribution >= 0.6 is 23.1 Å². The lowest BCUT2D eigenvalue weighted by molar-refractivity contribution is -0.119. The lowest BCUT2D eigenvalue weighted by atomic mass is 10.1. The van der Waals surface area contributed by atoms with Gasteiger partial charge >= 0.3 is 0 Å². The Morgan fingerprint density at radius 3 is 2.35 bits per heavy atom. The quantitative estimate of drug-likeness (QED) is 0.460. The molecule has 0 spiro atoms. The van der Waals surface area contributed by atoms with Gasteiger partial charge in [0.1, 0.15) is 5.75 Å². The van der Waals surface area contributed by atoms with E-state index in [0.717, 1.165) is 27.5 Å². The van der Waals surface area contributed by atoms with Gasteiger partial charge in [0.05, 0.1) is 24.1 Å². The van der Waals surface area contributed by atoms with E-state index in [-0.39, 0.29) is 23.1 Å². The number of anilines is 1. The number of nitrogens with one attached hydrogen (secondary N) is 2. The maximum atomic E-state index is 12.6. The first kappa shape index (κ1) is 22.8. The van der Waals surface area contributed by atoms with E-state index in [0.29, 0.717) is 5.13 Å². The van der Waals surface area contributed by atoms with Crippen LogP contribution in [0.1, 0.15) is 32.4 Å². The molecule has 2 N–H and O–H groups in total. The molecule has 0 aliphatic rings. The number of thiazole rings is 1. The third-order valence-electron chi connectivity index (χ3n) is 4.60. The van der Waals surface area contributed by atoms with Gasteiger partial charge in [-0.15, -0.1) is 23.1 Å². The van der Waals surface area contributed by atoms with E-state index >= 15 is 0 Å². The number of hydrogen-bond acceptors (Lipinski definition) is 6. The summed E-state index contributed by atoms with van der Waals surface area (Å²) in [5, 5.41) is 7.99. The standard InChI is InChI=1S/C23H25N3O3S2/c1-14(24-16(3)27)17-5-7-18(8-6-17)21-13-30-23(25-21)26-22(28)15(2)31-20-11-9-19(29-4)10-12-20/h5-15H,1-4H3,(H,24,27)(H,25,26,28)/t14-,15-/m0/s1. The second kappa shape index (κ2) is 10.5. The number of methoxy groups -OCH3 is 1. The summed E-state index contributed by atoms with van der Waals surface area (Å²) in [6.07, 6.45) is 0. The molecular formula is C23H25N3O3S2. The number of carbonyl (C=O) groups excluding carboxylic acids is 2. The maximum Gasteiger partial charge on any atom is 0.239 e. The Balaban J connectivity index is 1.59. The van der Waals surface area contributed by atoms with E-state index in [1.54, 1.807) is 7.11 Å². The summed E-state index contributed by atoms with van der Waals surface area (Å²) in [6, 6.07) is 15.5. The number of benzene rings is 2. The number of amides is 2. The van der Waals surface area contributed by atoms with Crippen LogP contribution in [-0.2, 0) is 9.59 Å². The van der Waals surface area contributed by atoms with Gasteiger partial charge in [0.25, 0.3) is 0 Å². The Kier molecular flexibility index (Phi) is 7.70. The molecule has 162 valence electrons. The molecular weight excluding hydrogens is 430 g/mol. The summed E-state index contributed by atoms with van der Waals surface area (Å²) in [7, 11) is 1.63. The van der Waals surface area contributed by atoms with Crippen molar-refractivity contribution < 1.29 is 14.3 Å². The largest absolute Gasteiger partial charge is 0.497 e. The SMILES string of the molecule is COc1ccc(S[C@@H](C)C(=O)Nc2nc(-c3ccc([C@H](C)NC(C)=O)cc3)cs2)cc1. The predicted octanol–water partition coefficient (Wildman–Crippen LogP) is 5.14. The molecule has 0 aliphatic heterocycles. The maximum absolute atomic E-state index is 12.6. The fourth-order valence-corrected chi connectivity index (χ4v) is 4.50. The van der Waals surface area contributed by atoms with Gasteiger partial charge in [0.15, 0.2) is 5.13 Å². The van der Waals surface area contributed by atoms with Crippen molar-refractivity contribution in [1.82, 2.24) is 10.3 Å². The fraction of sp³-hybridized carbons (Fsp3) is 0.261. The lowest BCUT2D eigenvalue weighted by Gasteiger charge is -2.13. The number of ether oxygens (including phenoxy) is 1. The third kappa shape index (κ3) is 6.32. The number of rotatable bonds is 8. The Morgan fingerprint density at radius 1 is 1.06 bits per heavy atom. The molecule has 1 heterocycles. The van der Waals surface area contributed by atoms with E-state index in [2.05, 4.69) is 15.6 Å². The number of nitrogens with zero attached hydrogens (tertiary/aromatic N) is 1. The average molecular weight is 456 g/mol. The van der Waals surface area contributed by atoms with Crippen LogP contribution in [0, 0.1) is 0 Å². The lowest BCUT2D eigenvalue weighted by Crippen LogP contribution is -2.23. The highest BCUT2D eigenvalue weighted by molar-refractivity contribution is 8.00. The van der Waals surface area contributed by atoms with Gasteiger partial charge in [0, 0.05) is 22.8 Å². The molecule has 0 bridgehead atoms. The zero-order valence-corrected chi connectivity index (χ0v) is 19.5. The first-order valence-electron chi connectivity index (χ1n) is 9.80. The summed E-state index contributed by atoms with van der Waals surface area (Å²) in [5.74, 6) is 0.631. The average Bonchev–Trinajstić information content (AvgIpc) is 3.22. The Bertz CT molecular complexity index is 1030. The Morgan fingerprint density at radius 2 is 1.74 bits per heavy atom. The smallest absolute Gasteiger partial charge is 0.239 e. The van der Waals surface area contributed by atoms with Crippen LogP contribution in [0.3, 0.4) is 0 Å². The highest BCUT2D eigenvalue weighted by Crippen LogP contribution is 2.29. The van der Waals surface area contributed by atoms with Gasteiger partial charge in [0.2, 0.25) is 11.8 Å². The van der Waals surface area contributed by atoms with E-state index < -0.39 is 0 Å². The van der Waals surface area contributed by atoms with Crippen molar-refractivity contribution in [2.45, 2.75) is 37.0 Å². The minimum Gasteiger partial charge on any atom is -0.497 e. The van der Waals surface area contributed by atoms with Crippen LogP contribution < -0.4 is 15.4 Å². The van der Waals surface area contributed by atoms with Crippen LogP contribution in [0.2, 0.25) is 0 Å². The Labute approximate surface area is 190 Å². The molecule has 0 fully saturated rings. The van der Waals surface area contributed by atoms with E-state index in [1.165, 1.54) is 30.0 Å². The Hall–Kier alpha value is -2.84. The third-order valence-corrected chi connectivity index (χ3v) is 6.47. The topological polar surface area (TPSA) is 80.3 Å². The molecule has 2 atom stereocenters. The molecule has 0 aliphatic carbocycles.